The van der Waals surface area contributed by atoms with Gasteiger partial charge in [-0.2, -0.15) is 0 Å². The van der Waals surface area contributed by atoms with Crippen molar-refractivity contribution in [3.8, 4) is 0 Å². The van der Waals surface area contributed by atoms with Gasteiger partial charge in [0.2, 0.25) is 30.0 Å². The van der Waals surface area contributed by atoms with E-state index in [4.69, 9.17) is 0 Å². The third-order valence-electron chi connectivity index (χ3n) is 2.99. The van der Waals surface area contributed by atoms with Gasteiger partial charge >= 0.3 is 0 Å². The van der Waals surface area contributed by atoms with Crippen LogP contribution in [0.15, 0.2) is 53.9 Å². The molecule has 5 nitrogen and oxygen atoms in total. The Labute approximate surface area is 108 Å². The maximum Gasteiger partial charge on any atom is 0.238 e. The van der Waals surface area contributed by atoms with Gasteiger partial charge in [-0.25, -0.2) is 0 Å². The monoisotopic (exact) mass is 253 g/mol. The summed E-state index contributed by atoms with van der Waals surface area (Å²) in [6.45, 7) is 0. The van der Waals surface area contributed by atoms with Gasteiger partial charge in [-0.15, -0.1) is 0 Å². The molecule has 0 unspecified atom stereocenters. The van der Waals surface area contributed by atoms with Gasteiger partial charge in [0.05, 0.1) is 12.2 Å². The third kappa shape index (κ3) is 1.85. The fourth-order valence-electron chi connectivity index (χ4n) is 2.05. The standard InChI is InChI=1S/C14H9N2O3/c17-9-5-7-16(8-6-9)15-12-13(18)10-3-1-2-4-11(10)14(12)19/h1-8,12H/q+1. The fourth-order valence-corrected chi connectivity index (χ4v) is 2.05. The summed E-state index contributed by atoms with van der Waals surface area (Å²) in [5.74, 6) is -0.766. The molecule has 0 atom stereocenters. The number of benzene rings is 1. The Morgan fingerprint density at radius 3 is 1.95 bits per heavy atom. The second-order valence-electron chi connectivity index (χ2n) is 4.21. The average Bonchev–Trinajstić information content (AvgIpc) is 2.67. The zero-order valence-electron chi connectivity index (χ0n) is 9.82. The smallest absolute Gasteiger partial charge is 0.238 e. The Hall–Kier alpha value is -2.69. The number of allylic oxidation sites excluding steroid dienone is 2. The van der Waals surface area contributed by atoms with Gasteiger partial charge < -0.3 is 0 Å². The zero-order valence-corrected chi connectivity index (χ0v) is 9.82. The first-order valence-electron chi connectivity index (χ1n) is 5.74. The predicted molar refractivity (Wildman–Crippen MR) is 64.9 cm³/mol. The molecule has 0 bridgehead atoms. The molecule has 1 aliphatic heterocycles. The van der Waals surface area contributed by atoms with Crippen molar-refractivity contribution in [2.24, 2.45) is 5.11 Å². The Bertz CT molecular complexity index is 645. The average molecular weight is 253 g/mol. The number of nitrogens with zero attached hydrogens (tertiary/aromatic N) is 2. The topological polar surface area (TPSA) is 66.6 Å². The summed E-state index contributed by atoms with van der Waals surface area (Å²) >= 11 is 0. The highest BCUT2D eigenvalue weighted by Crippen LogP contribution is 2.24. The molecule has 0 saturated heterocycles. The summed E-state index contributed by atoms with van der Waals surface area (Å²) in [5, 5.41) is 4.05. The van der Waals surface area contributed by atoms with Gasteiger partial charge in [0.25, 0.3) is 0 Å². The molecule has 0 amide bonds. The molecule has 1 aromatic rings. The van der Waals surface area contributed by atoms with Gasteiger partial charge in [-0.1, -0.05) is 29.0 Å². The first-order chi connectivity index (χ1) is 9.16. The van der Waals surface area contributed by atoms with Gasteiger partial charge in [0, 0.05) is 11.1 Å². The number of rotatable bonds is 1. The first-order valence-corrected chi connectivity index (χ1v) is 5.74. The maximum absolute atomic E-state index is 12.1. The zero-order chi connectivity index (χ0) is 13.4. The molecule has 2 aliphatic rings. The van der Waals surface area contributed by atoms with E-state index >= 15 is 0 Å². The quantitative estimate of drug-likeness (QED) is 0.562. The van der Waals surface area contributed by atoms with Crippen LogP contribution < -0.4 is 0 Å². The third-order valence-corrected chi connectivity index (χ3v) is 2.99. The Kier molecular flexibility index (Phi) is 2.52. The Morgan fingerprint density at radius 2 is 1.42 bits per heavy atom. The minimum Gasteiger partial charge on any atom is -0.291 e. The van der Waals surface area contributed by atoms with Crippen molar-refractivity contribution in [1.29, 1.82) is 0 Å². The van der Waals surface area contributed by atoms with Gasteiger partial charge in [-0.3, -0.25) is 14.4 Å². The van der Waals surface area contributed by atoms with Crippen LogP contribution in [0.25, 0.3) is 0 Å². The van der Waals surface area contributed by atoms with Crippen molar-refractivity contribution in [3.63, 3.8) is 0 Å². The van der Waals surface area contributed by atoms with E-state index in [1.807, 2.05) is 0 Å². The lowest BCUT2D eigenvalue weighted by Crippen LogP contribution is -2.21. The summed E-state index contributed by atoms with van der Waals surface area (Å²) in [4.78, 5) is 35.2. The van der Waals surface area contributed by atoms with Crippen LogP contribution in [0, 0.1) is 0 Å². The number of carbonyl (C=O) groups is 3. The van der Waals surface area contributed by atoms with Crippen LogP contribution in [0.1, 0.15) is 20.7 Å². The summed E-state index contributed by atoms with van der Waals surface area (Å²) in [6.07, 6.45) is 5.48. The lowest BCUT2D eigenvalue weighted by molar-refractivity contribution is -0.459. The molecule has 0 aromatic heterocycles. The fraction of sp³-hybridized carbons (Fsp3) is 0.0714. The van der Waals surface area contributed by atoms with Crippen molar-refractivity contribution in [2.45, 2.75) is 6.04 Å². The molecule has 19 heavy (non-hydrogen) atoms. The van der Waals surface area contributed by atoms with Gasteiger partial charge in [-0.05, 0) is 5.11 Å². The highest BCUT2D eigenvalue weighted by Gasteiger charge is 2.41. The van der Waals surface area contributed by atoms with Crippen LogP contribution >= 0.6 is 0 Å². The Balaban J connectivity index is 1.97. The lowest BCUT2D eigenvalue weighted by Gasteiger charge is -1.96. The number of hydrogen-bond donors (Lipinski definition) is 0. The van der Waals surface area contributed by atoms with Crippen LogP contribution in [-0.2, 0) is 4.79 Å². The molecular weight excluding hydrogens is 244 g/mol. The summed E-state index contributed by atoms with van der Waals surface area (Å²) < 4.78 is 1.31. The largest absolute Gasteiger partial charge is 0.291 e. The van der Waals surface area contributed by atoms with Crippen LogP contribution in [0.2, 0.25) is 0 Å². The van der Waals surface area contributed by atoms with Crippen molar-refractivity contribution in [3.05, 3.63) is 59.9 Å². The summed E-state index contributed by atoms with van der Waals surface area (Å²) in [7, 11) is 0. The number of ketones is 3. The molecule has 1 aromatic carbocycles. The molecule has 5 heteroatoms. The number of Topliss-reactive ketones (excluding diaryl/α,β-unsaturated/α-hetero) is 2. The molecule has 0 fully saturated rings. The number of azo groups is 2. The molecule has 0 spiro atoms. The summed E-state index contributed by atoms with van der Waals surface area (Å²) in [6, 6.07) is 5.62. The SMILES string of the molecule is O=C1C=C[N+](=NC2C(=O)c3ccccc3C2=O)C=C1. The van der Waals surface area contributed by atoms with Crippen molar-refractivity contribution < 1.29 is 19.1 Å². The van der Waals surface area contributed by atoms with Crippen LogP contribution in [-0.4, -0.2) is 28.1 Å². The van der Waals surface area contributed by atoms with E-state index in [9.17, 15) is 14.4 Å². The van der Waals surface area contributed by atoms with E-state index < -0.39 is 6.04 Å². The van der Waals surface area contributed by atoms with Crippen LogP contribution in [0.4, 0.5) is 0 Å². The van der Waals surface area contributed by atoms with Crippen molar-refractivity contribution in [1.82, 2.24) is 0 Å². The van der Waals surface area contributed by atoms with E-state index in [0.717, 1.165) is 0 Å². The highest BCUT2D eigenvalue weighted by molar-refractivity contribution is 6.29. The molecule has 0 N–H and O–H groups in total. The minimum atomic E-state index is -1.06. The molecule has 0 radical (unpaired) electrons. The van der Waals surface area contributed by atoms with Crippen LogP contribution in [0.5, 0.6) is 0 Å². The van der Waals surface area contributed by atoms with E-state index in [1.54, 1.807) is 24.3 Å². The minimum absolute atomic E-state index is 0.154. The molecular formula is C14H9N2O3+. The normalized spacial score (nSPS) is 18.1. The molecule has 92 valence electrons. The van der Waals surface area contributed by atoms with E-state index in [2.05, 4.69) is 5.11 Å². The van der Waals surface area contributed by atoms with E-state index in [0.29, 0.717) is 11.1 Å². The number of hydrogen-bond acceptors (Lipinski definition) is 4. The van der Waals surface area contributed by atoms with Crippen LogP contribution in [0.3, 0.4) is 0 Å². The van der Waals surface area contributed by atoms with E-state index in [-0.39, 0.29) is 17.3 Å². The highest BCUT2D eigenvalue weighted by atomic mass is 16.2. The van der Waals surface area contributed by atoms with E-state index in [1.165, 1.54) is 29.2 Å². The maximum atomic E-state index is 12.1. The van der Waals surface area contributed by atoms with Crippen molar-refractivity contribution in [2.75, 3.05) is 0 Å². The van der Waals surface area contributed by atoms with Gasteiger partial charge in [0.15, 0.2) is 5.78 Å². The molecule has 1 aliphatic carbocycles. The molecule has 0 saturated carbocycles. The molecule has 3 rings (SSSR count). The second kappa shape index (κ2) is 4.20. The molecule has 1 heterocycles. The lowest BCUT2D eigenvalue weighted by atomic mass is 10.1. The summed E-state index contributed by atoms with van der Waals surface area (Å²) in [5.41, 5.74) is 0.810. The van der Waals surface area contributed by atoms with Crippen molar-refractivity contribution >= 4 is 17.3 Å². The Morgan fingerprint density at radius 1 is 0.895 bits per heavy atom. The number of fused-ring (bicyclic) bond motifs is 1. The first kappa shape index (κ1) is 11.4. The predicted octanol–water partition coefficient (Wildman–Crippen LogP) is 1.51. The number of carbonyl (C=O) groups excluding carboxylic acids is 3. The van der Waals surface area contributed by atoms with Gasteiger partial charge in [0.1, 0.15) is 0 Å². The second-order valence-corrected chi connectivity index (χ2v) is 4.21.